The van der Waals surface area contributed by atoms with E-state index in [4.69, 9.17) is 15.2 Å². The number of rotatable bonds is 3. The number of benzene rings is 1. The SMILES string of the molecule is CC1=C(N)C(c2ccccc2C)C(OC(=O)OC(C)C)=C(C)N1.Cl. The van der Waals surface area contributed by atoms with Gasteiger partial charge in [0.1, 0.15) is 5.76 Å². The fraction of sp³-hybridized carbons (Fsp3) is 0.389. The molecule has 0 bridgehead atoms. The third-order valence-corrected chi connectivity index (χ3v) is 3.78. The Morgan fingerprint density at radius 3 is 2.38 bits per heavy atom. The summed E-state index contributed by atoms with van der Waals surface area (Å²) in [6, 6.07) is 7.93. The monoisotopic (exact) mass is 352 g/mol. The second kappa shape index (κ2) is 8.11. The molecule has 1 aliphatic rings. The van der Waals surface area contributed by atoms with Crippen molar-refractivity contribution in [3.63, 3.8) is 0 Å². The number of halogens is 1. The van der Waals surface area contributed by atoms with E-state index in [0.717, 1.165) is 22.5 Å². The molecule has 1 aromatic carbocycles. The lowest BCUT2D eigenvalue weighted by molar-refractivity contribution is 0.0498. The Labute approximate surface area is 149 Å². The zero-order valence-electron chi connectivity index (χ0n) is 14.7. The summed E-state index contributed by atoms with van der Waals surface area (Å²) in [5.41, 5.74) is 10.7. The second-order valence-corrected chi connectivity index (χ2v) is 6.00. The molecule has 5 nitrogen and oxygen atoms in total. The molecule has 0 amide bonds. The third kappa shape index (κ3) is 4.23. The molecule has 1 aromatic rings. The smallest absolute Gasteiger partial charge is 0.431 e. The largest absolute Gasteiger partial charge is 0.513 e. The Balaban J connectivity index is 0.00000288. The average Bonchev–Trinajstić information content (AvgIpc) is 2.45. The van der Waals surface area contributed by atoms with E-state index in [1.807, 2.05) is 45.0 Å². The summed E-state index contributed by atoms with van der Waals surface area (Å²) in [4.78, 5) is 12.0. The fourth-order valence-corrected chi connectivity index (χ4v) is 2.65. The van der Waals surface area contributed by atoms with Gasteiger partial charge in [0.05, 0.1) is 17.7 Å². The van der Waals surface area contributed by atoms with Crippen molar-refractivity contribution in [1.29, 1.82) is 0 Å². The number of hydrogen-bond acceptors (Lipinski definition) is 5. The van der Waals surface area contributed by atoms with E-state index in [-0.39, 0.29) is 24.4 Å². The number of carbonyl (C=O) groups excluding carboxylic acids is 1. The minimum atomic E-state index is -0.720. The number of dihydropyridines is 1. The Morgan fingerprint density at radius 1 is 1.17 bits per heavy atom. The molecule has 1 unspecified atom stereocenters. The van der Waals surface area contributed by atoms with E-state index in [1.54, 1.807) is 13.8 Å². The molecule has 0 aliphatic carbocycles. The molecule has 3 N–H and O–H groups in total. The van der Waals surface area contributed by atoms with Gasteiger partial charge in [-0.3, -0.25) is 0 Å². The Bertz CT molecular complexity index is 681. The molecule has 1 aliphatic heterocycles. The number of nitrogens with one attached hydrogen (secondary N) is 1. The zero-order chi connectivity index (χ0) is 17.1. The van der Waals surface area contributed by atoms with Gasteiger partial charge in [0.25, 0.3) is 0 Å². The van der Waals surface area contributed by atoms with Gasteiger partial charge in [-0.2, -0.15) is 0 Å². The van der Waals surface area contributed by atoms with Crippen molar-refractivity contribution in [1.82, 2.24) is 5.32 Å². The van der Waals surface area contributed by atoms with Crippen LogP contribution in [0.4, 0.5) is 4.79 Å². The molecule has 0 aromatic heterocycles. The van der Waals surface area contributed by atoms with Crippen LogP contribution in [0.15, 0.2) is 47.1 Å². The number of aryl methyl sites for hydroxylation is 1. The number of nitrogens with two attached hydrogens (primary N) is 1. The Hall–Kier alpha value is -2.14. The Kier molecular flexibility index (Phi) is 6.72. The molecule has 2 rings (SSSR count). The van der Waals surface area contributed by atoms with Crippen LogP contribution in [0.2, 0.25) is 0 Å². The summed E-state index contributed by atoms with van der Waals surface area (Å²) in [7, 11) is 0. The molecule has 6 heteroatoms. The molecule has 24 heavy (non-hydrogen) atoms. The van der Waals surface area contributed by atoms with Crippen LogP contribution in [0.3, 0.4) is 0 Å². The summed E-state index contributed by atoms with van der Waals surface area (Å²) in [6.45, 7) is 9.34. The first-order valence-corrected chi connectivity index (χ1v) is 7.69. The lowest BCUT2D eigenvalue weighted by atomic mass is 9.87. The third-order valence-electron chi connectivity index (χ3n) is 3.78. The minimum Gasteiger partial charge on any atom is -0.431 e. The fourth-order valence-electron chi connectivity index (χ4n) is 2.65. The summed E-state index contributed by atoms with van der Waals surface area (Å²) >= 11 is 0. The van der Waals surface area contributed by atoms with Crippen molar-refractivity contribution in [3.05, 3.63) is 58.2 Å². The first-order chi connectivity index (χ1) is 10.8. The van der Waals surface area contributed by atoms with Gasteiger partial charge in [-0.15, -0.1) is 12.4 Å². The maximum Gasteiger partial charge on any atom is 0.513 e. The van der Waals surface area contributed by atoms with E-state index in [2.05, 4.69) is 5.32 Å². The highest BCUT2D eigenvalue weighted by atomic mass is 35.5. The highest BCUT2D eigenvalue weighted by Crippen LogP contribution is 2.37. The molecule has 0 saturated heterocycles. The summed E-state index contributed by atoms with van der Waals surface area (Å²) in [5, 5.41) is 3.16. The van der Waals surface area contributed by atoms with Gasteiger partial charge in [-0.1, -0.05) is 24.3 Å². The summed E-state index contributed by atoms with van der Waals surface area (Å²) < 4.78 is 10.6. The highest BCUT2D eigenvalue weighted by Gasteiger charge is 2.31. The van der Waals surface area contributed by atoms with E-state index in [0.29, 0.717) is 11.5 Å². The zero-order valence-corrected chi connectivity index (χ0v) is 15.5. The van der Waals surface area contributed by atoms with Crippen LogP contribution >= 0.6 is 12.4 Å². The van der Waals surface area contributed by atoms with Crippen LogP contribution in [0.1, 0.15) is 44.7 Å². The van der Waals surface area contributed by atoms with Crippen molar-refractivity contribution in [3.8, 4) is 0 Å². The minimum absolute atomic E-state index is 0. The second-order valence-electron chi connectivity index (χ2n) is 6.00. The lowest BCUT2D eigenvalue weighted by Gasteiger charge is -2.30. The van der Waals surface area contributed by atoms with Gasteiger partial charge < -0.3 is 20.5 Å². The quantitative estimate of drug-likeness (QED) is 0.801. The molecule has 0 radical (unpaired) electrons. The topological polar surface area (TPSA) is 73.6 Å². The number of hydrogen-bond donors (Lipinski definition) is 2. The molecule has 1 heterocycles. The maximum atomic E-state index is 12.0. The molecule has 0 spiro atoms. The van der Waals surface area contributed by atoms with Crippen LogP contribution in [0.25, 0.3) is 0 Å². The van der Waals surface area contributed by atoms with Crippen molar-refractivity contribution in [2.75, 3.05) is 0 Å². The van der Waals surface area contributed by atoms with Crippen molar-refractivity contribution >= 4 is 18.6 Å². The van der Waals surface area contributed by atoms with Gasteiger partial charge in [0.15, 0.2) is 0 Å². The molecule has 1 atom stereocenters. The number of allylic oxidation sites excluding steroid dienone is 2. The van der Waals surface area contributed by atoms with E-state index in [9.17, 15) is 4.79 Å². The van der Waals surface area contributed by atoms with Gasteiger partial charge in [-0.25, -0.2) is 4.79 Å². The van der Waals surface area contributed by atoms with Gasteiger partial charge in [-0.05, 0) is 45.7 Å². The molecular weight excluding hydrogens is 328 g/mol. The molecule has 0 saturated carbocycles. The standard InChI is InChI=1S/C18H24N2O3.ClH/c1-10(2)22-18(21)23-17-13(5)20-12(4)16(19)15(17)14-9-7-6-8-11(14)3;/h6-10,15,20H,19H2,1-5H3;1H. The predicted molar refractivity (Wildman–Crippen MR) is 96.6 cm³/mol. The van der Waals surface area contributed by atoms with Crippen molar-refractivity contribution < 1.29 is 14.3 Å². The average molecular weight is 353 g/mol. The normalized spacial score (nSPS) is 17.3. The van der Waals surface area contributed by atoms with Crippen LogP contribution in [0, 0.1) is 6.92 Å². The van der Waals surface area contributed by atoms with Crippen molar-refractivity contribution in [2.45, 2.75) is 46.6 Å². The van der Waals surface area contributed by atoms with Crippen LogP contribution in [-0.4, -0.2) is 12.3 Å². The van der Waals surface area contributed by atoms with Crippen LogP contribution in [0.5, 0.6) is 0 Å². The van der Waals surface area contributed by atoms with Crippen LogP contribution < -0.4 is 11.1 Å². The van der Waals surface area contributed by atoms with Gasteiger partial charge >= 0.3 is 6.16 Å². The number of ether oxygens (including phenoxy) is 2. The van der Waals surface area contributed by atoms with Crippen LogP contribution in [-0.2, 0) is 9.47 Å². The first-order valence-electron chi connectivity index (χ1n) is 7.69. The predicted octanol–water partition coefficient (Wildman–Crippen LogP) is 4.09. The van der Waals surface area contributed by atoms with E-state index < -0.39 is 6.16 Å². The summed E-state index contributed by atoms with van der Waals surface area (Å²) in [5.74, 6) is 0.171. The van der Waals surface area contributed by atoms with Gasteiger partial charge in [0.2, 0.25) is 0 Å². The first kappa shape index (κ1) is 19.9. The van der Waals surface area contributed by atoms with E-state index >= 15 is 0 Å². The number of carbonyl (C=O) groups is 1. The molecule has 0 fully saturated rings. The molecule has 132 valence electrons. The lowest BCUT2D eigenvalue weighted by Crippen LogP contribution is -2.30. The van der Waals surface area contributed by atoms with Crippen molar-refractivity contribution in [2.24, 2.45) is 5.73 Å². The Morgan fingerprint density at radius 2 is 1.79 bits per heavy atom. The molecular formula is C18H25ClN2O3. The highest BCUT2D eigenvalue weighted by molar-refractivity contribution is 5.85. The van der Waals surface area contributed by atoms with Gasteiger partial charge in [0, 0.05) is 11.4 Å². The summed E-state index contributed by atoms with van der Waals surface area (Å²) in [6.07, 6.45) is -0.964. The van der Waals surface area contributed by atoms with E-state index in [1.165, 1.54) is 0 Å². The maximum absolute atomic E-state index is 12.0.